The van der Waals surface area contributed by atoms with Gasteiger partial charge in [0, 0.05) is 5.75 Å². The largest absolute Gasteiger partial charge is 0.277 e. The number of amides is 1. The summed E-state index contributed by atoms with van der Waals surface area (Å²) < 4.78 is 0. The van der Waals surface area contributed by atoms with Gasteiger partial charge in [-0.05, 0) is 18.6 Å². The van der Waals surface area contributed by atoms with Crippen molar-refractivity contribution < 1.29 is 4.79 Å². The van der Waals surface area contributed by atoms with Crippen LogP contribution in [0.25, 0.3) is 0 Å². The second-order valence-electron chi connectivity index (χ2n) is 3.38. The topological polar surface area (TPSA) is 44.7 Å². The standard InChI is InChI=1S/C11H13N3OS/c1-9-4-2-3-5-10(9)14(13-8-15)11-12-6-7-16-11/h2-5,8H,6-7H2,1H3,(H,13,15). The highest BCUT2D eigenvalue weighted by molar-refractivity contribution is 8.14. The molecule has 0 saturated carbocycles. The number of hydrazine groups is 1. The van der Waals surface area contributed by atoms with Crippen molar-refractivity contribution in [3.05, 3.63) is 29.8 Å². The number of benzene rings is 1. The van der Waals surface area contributed by atoms with Gasteiger partial charge in [0.1, 0.15) is 0 Å². The monoisotopic (exact) mass is 235 g/mol. The molecule has 84 valence electrons. The first-order valence-corrected chi connectivity index (χ1v) is 6.04. The molecule has 0 radical (unpaired) electrons. The number of rotatable bonds is 3. The number of aryl methyl sites for hydroxylation is 1. The van der Waals surface area contributed by atoms with E-state index in [1.54, 1.807) is 16.8 Å². The Balaban J connectivity index is 2.32. The summed E-state index contributed by atoms with van der Waals surface area (Å²) in [7, 11) is 0. The van der Waals surface area contributed by atoms with E-state index in [1.807, 2.05) is 31.2 Å². The number of amidine groups is 1. The Labute approximate surface area is 98.7 Å². The number of carbonyl (C=O) groups is 1. The van der Waals surface area contributed by atoms with Gasteiger partial charge in [-0.15, -0.1) is 0 Å². The van der Waals surface area contributed by atoms with Crippen LogP contribution < -0.4 is 10.4 Å². The molecule has 1 aromatic carbocycles. The summed E-state index contributed by atoms with van der Waals surface area (Å²) in [6.07, 6.45) is 0.674. The molecule has 0 fully saturated rings. The number of thioether (sulfide) groups is 1. The molecule has 0 spiro atoms. The molecule has 5 heteroatoms. The van der Waals surface area contributed by atoms with Crippen molar-refractivity contribution in [1.29, 1.82) is 0 Å². The fourth-order valence-electron chi connectivity index (χ4n) is 1.55. The summed E-state index contributed by atoms with van der Waals surface area (Å²) in [5.41, 5.74) is 4.75. The summed E-state index contributed by atoms with van der Waals surface area (Å²) in [6.45, 7) is 2.82. The molecule has 2 rings (SSSR count). The van der Waals surface area contributed by atoms with E-state index in [4.69, 9.17) is 0 Å². The predicted molar refractivity (Wildman–Crippen MR) is 67.6 cm³/mol. The molecule has 1 heterocycles. The maximum absolute atomic E-state index is 10.6. The Hall–Kier alpha value is -1.49. The van der Waals surface area contributed by atoms with Crippen LogP contribution in [-0.2, 0) is 4.79 Å². The van der Waals surface area contributed by atoms with Gasteiger partial charge < -0.3 is 0 Å². The number of hydrogen-bond acceptors (Lipinski definition) is 4. The third kappa shape index (κ3) is 2.19. The summed E-state index contributed by atoms with van der Waals surface area (Å²) in [5, 5.41) is 2.58. The Kier molecular flexibility index (Phi) is 3.46. The van der Waals surface area contributed by atoms with Crippen molar-refractivity contribution in [2.24, 2.45) is 4.99 Å². The van der Waals surface area contributed by atoms with Crippen LogP contribution in [-0.4, -0.2) is 23.9 Å². The van der Waals surface area contributed by atoms with Crippen LogP contribution in [0.5, 0.6) is 0 Å². The van der Waals surface area contributed by atoms with Crippen LogP contribution in [0.3, 0.4) is 0 Å². The Bertz CT molecular complexity index is 419. The first-order chi connectivity index (χ1) is 7.83. The third-order valence-corrected chi connectivity index (χ3v) is 3.26. The van der Waals surface area contributed by atoms with E-state index < -0.39 is 0 Å². The molecule has 0 aromatic heterocycles. The highest BCUT2D eigenvalue weighted by Crippen LogP contribution is 2.23. The van der Waals surface area contributed by atoms with Crippen molar-refractivity contribution in [2.75, 3.05) is 17.3 Å². The molecule has 16 heavy (non-hydrogen) atoms. The van der Waals surface area contributed by atoms with Crippen LogP contribution in [0.4, 0.5) is 5.69 Å². The minimum absolute atomic E-state index is 0.674. The van der Waals surface area contributed by atoms with Gasteiger partial charge in [-0.1, -0.05) is 30.0 Å². The molecule has 0 atom stereocenters. The number of carbonyl (C=O) groups excluding carboxylic acids is 1. The highest BCUT2D eigenvalue weighted by Gasteiger charge is 2.18. The molecular formula is C11H13N3OS. The molecule has 1 aliphatic rings. The number of anilines is 1. The van der Waals surface area contributed by atoms with Gasteiger partial charge in [0.25, 0.3) is 0 Å². The third-order valence-electron chi connectivity index (χ3n) is 2.30. The Morgan fingerprint density at radius 3 is 2.94 bits per heavy atom. The lowest BCUT2D eigenvalue weighted by atomic mass is 10.2. The zero-order valence-electron chi connectivity index (χ0n) is 9.01. The van der Waals surface area contributed by atoms with Crippen LogP contribution in [0.1, 0.15) is 5.56 Å². The van der Waals surface area contributed by atoms with Gasteiger partial charge in [0.05, 0.1) is 12.2 Å². The lowest BCUT2D eigenvalue weighted by Crippen LogP contribution is -2.40. The highest BCUT2D eigenvalue weighted by atomic mass is 32.2. The van der Waals surface area contributed by atoms with Gasteiger partial charge in [0.15, 0.2) is 5.17 Å². The molecule has 0 saturated heterocycles. The zero-order chi connectivity index (χ0) is 11.4. The van der Waals surface area contributed by atoms with Gasteiger partial charge >= 0.3 is 0 Å². The van der Waals surface area contributed by atoms with Gasteiger partial charge in [-0.3, -0.25) is 15.2 Å². The fraction of sp³-hybridized carbons (Fsp3) is 0.273. The van der Waals surface area contributed by atoms with E-state index in [0.717, 1.165) is 28.7 Å². The summed E-state index contributed by atoms with van der Waals surface area (Å²) in [6, 6.07) is 7.89. The summed E-state index contributed by atoms with van der Waals surface area (Å²) in [5.74, 6) is 0.970. The molecule has 0 unspecified atom stereocenters. The van der Waals surface area contributed by atoms with Crippen LogP contribution in [0.15, 0.2) is 29.3 Å². The molecule has 0 aliphatic carbocycles. The Morgan fingerprint density at radius 1 is 1.50 bits per heavy atom. The van der Waals surface area contributed by atoms with Crippen molar-refractivity contribution >= 4 is 29.0 Å². The van der Waals surface area contributed by atoms with Gasteiger partial charge in [-0.2, -0.15) is 0 Å². The summed E-state index contributed by atoms with van der Waals surface area (Å²) >= 11 is 1.65. The molecule has 1 aliphatic heterocycles. The first kappa shape index (κ1) is 11.0. The van der Waals surface area contributed by atoms with Crippen molar-refractivity contribution in [3.63, 3.8) is 0 Å². The molecule has 0 bridgehead atoms. The maximum Gasteiger partial charge on any atom is 0.226 e. The quantitative estimate of drug-likeness (QED) is 0.639. The van der Waals surface area contributed by atoms with Crippen LogP contribution >= 0.6 is 11.8 Å². The SMILES string of the molecule is Cc1ccccc1N(NC=O)C1=NCCS1. The van der Waals surface area contributed by atoms with Crippen molar-refractivity contribution in [1.82, 2.24) is 5.43 Å². The fourth-order valence-corrected chi connectivity index (χ4v) is 2.38. The average molecular weight is 235 g/mol. The lowest BCUT2D eigenvalue weighted by Gasteiger charge is -2.23. The van der Waals surface area contributed by atoms with Crippen molar-refractivity contribution in [2.45, 2.75) is 6.92 Å². The summed E-state index contributed by atoms with van der Waals surface area (Å²) in [4.78, 5) is 15.0. The second-order valence-corrected chi connectivity index (χ2v) is 4.44. The maximum atomic E-state index is 10.6. The van der Waals surface area contributed by atoms with Crippen LogP contribution in [0.2, 0.25) is 0 Å². The van der Waals surface area contributed by atoms with Crippen molar-refractivity contribution in [3.8, 4) is 0 Å². The van der Waals surface area contributed by atoms with Gasteiger partial charge in [-0.25, -0.2) is 5.01 Å². The number of aliphatic imine (C=N–C) groups is 1. The molecule has 1 N–H and O–H groups in total. The molecule has 1 aromatic rings. The molecule has 1 amide bonds. The molecule has 4 nitrogen and oxygen atoms in total. The number of nitrogens with one attached hydrogen (secondary N) is 1. The minimum atomic E-state index is 0.674. The normalized spacial score (nSPS) is 14.4. The first-order valence-electron chi connectivity index (χ1n) is 5.06. The smallest absolute Gasteiger partial charge is 0.226 e. The average Bonchev–Trinajstić information content (AvgIpc) is 2.80. The lowest BCUT2D eigenvalue weighted by molar-refractivity contribution is -0.109. The van der Waals surface area contributed by atoms with E-state index >= 15 is 0 Å². The van der Waals surface area contributed by atoms with Crippen LogP contribution in [0, 0.1) is 6.92 Å². The second kappa shape index (κ2) is 5.03. The minimum Gasteiger partial charge on any atom is -0.277 e. The van der Waals surface area contributed by atoms with E-state index in [2.05, 4.69) is 10.4 Å². The number of hydrogen-bond donors (Lipinski definition) is 1. The van der Waals surface area contributed by atoms with Gasteiger partial charge in [0.2, 0.25) is 6.41 Å². The zero-order valence-corrected chi connectivity index (χ0v) is 9.83. The predicted octanol–water partition coefficient (Wildman–Crippen LogP) is 1.57. The van der Waals surface area contributed by atoms with E-state index in [0.29, 0.717) is 6.41 Å². The Morgan fingerprint density at radius 2 is 2.31 bits per heavy atom. The number of para-hydroxylation sites is 1. The van der Waals surface area contributed by atoms with E-state index in [1.165, 1.54) is 0 Å². The van der Waals surface area contributed by atoms with E-state index in [-0.39, 0.29) is 0 Å². The molecular weight excluding hydrogens is 222 g/mol. The number of nitrogens with zero attached hydrogens (tertiary/aromatic N) is 2. The van der Waals surface area contributed by atoms with E-state index in [9.17, 15) is 4.79 Å².